The van der Waals surface area contributed by atoms with Crippen molar-refractivity contribution in [1.82, 2.24) is 5.32 Å². The first-order valence-corrected chi connectivity index (χ1v) is 4.18. The van der Waals surface area contributed by atoms with Crippen LogP contribution in [0, 0.1) is 12.3 Å². The summed E-state index contributed by atoms with van der Waals surface area (Å²) in [6.07, 6.45) is 5.09. The average Bonchev–Trinajstić information content (AvgIpc) is 2.31. The van der Waals surface area contributed by atoms with E-state index in [-0.39, 0.29) is 0 Å². The van der Waals surface area contributed by atoms with Gasteiger partial charge in [-0.2, -0.15) is 0 Å². The Bertz CT molecular complexity index is 181. The summed E-state index contributed by atoms with van der Waals surface area (Å²) in [7, 11) is 0. The molecule has 0 aromatic heterocycles. The van der Waals surface area contributed by atoms with E-state index in [0.717, 1.165) is 11.7 Å². The van der Waals surface area contributed by atoms with E-state index in [2.05, 4.69) is 23.2 Å². The summed E-state index contributed by atoms with van der Waals surface area (Å²) < 4.78 is 0. The summed E-state index contributed by atoms with van der Waals surface area (Å²) in [5.41, 5.74) is 0. The van der Waals surface area contributed by atoms with Crippen molar-refractivity contribution < 1.29 is 0 Å². The first kappa shape index (κ1) is 7.49. The molecule has 1 rings (SSSR count). The summed E-state index contributed by atoms with van der Waals surface area (Å²) in [5, 5.41) is 4.20. The molecule has 0 bridgehead atoms. The van der Waals surface area contributed by atoms with Gasteiger partial charge in [0.25, 0.3) is 0 Å². The van der Waals surface area contributed by atoms with E-state index in [4.69, 9.17) is 6.42 Å². The molecule has 0 amide bonds. The number of amidine groups is 1. The topological polar surface area (TPSA) is 24.4 Å². The van der Waals surface area contributed by atoms with Crippen LogP contribution in [-0.4, -0.2) is 23.5 Å². The molecule has 54 valence electrons. The molecule has 1 aliphatic heterocycles. The molecule has 0 fully saturated rings. The standard InChI is InChI=1S/C7H10N2S/c1-3-4-10-7-8-5-6(2)9-7/h1,6H,4-5H2,2H3,(H,8,9). The van der Waals surface area contributed by atoms with E-state index in [1.807, 2.05) is 0 Å². The largest absolute Gasteiger partial charge is 0.361 e. The smallest absolute Gasteiger partial charge is 0.157 e. The zero-order chi connectivity index (χ0) is 7.40. The lowest BCUT2D eigenvalue weighted by atomic mass is 10.4. The second kappa shape index (κ2) is 3.52. The molecule has 0 radical (unpaired) electrons. The predicted octanol–water partition coefficient (Wildman–Crippen LogP) is 0.701. The summed E-state index contributed by atoms with van der Waals surface area (Å²) >= 11 is 1.59. The highest BCUT2D eigenvalue weighted by atomic mass is 32.2. The van der Waals surface area contributed by atoms with Crippen molar-refractivity contribution in [3.05, 3.63) is 0 Å². The van der Waals surface area contributed by atoms with Crippen LogP contribution in [0.4, 0.5) is 0 Å². The van der Waals surface area contributed by atoms with Gasteiger partial charge in [-0.25, -0.2) is 0 Å². The first-order chi connectivity index (χ1) is 4.83. The third kappa shape index (κ3) is 1.96. The molecule has 0 aliphatic carbocycles. The van der Waals surface area contributed by atoms with E-state index in [1.54, 1.807) is 11.8 Å². The van der Waals surface area contributed by atoms with Gasteiger partial charge in [-0.3, -0.25) is 4.99 Å². The number of nitrogens with zero attached hydrogens (tertiary/aromatic N) is 1. The molecule has 0 spiro atoms. The maximum Gasteiger partial charge on any atom is 0.157 e. The molecule has 1 unspecified atom stereocenters. The Hall–Kier alpha value is -0.620. The number of hydrogen-bond acceptors (Lipinski definition) is 3. The predicted molar refractivity (Wildman–Crippen MR) is 46.2 cm³/mol. The molecule has 2 nitrogen and oxygen atoms in total. The molecular weight excluding hydrogens is 144 g/mol. The quantitative estimate of drug-likeness (QED) is 0.562. The molecule has 0 saturated heterocycles. The van der Waals surface area contributed by atoms with Crippen LogP contribution in [0.2, 0.25) is 0 Å². The fourth-order valence-electron chi connectivity index (χ4n) is 0.719. The minimum Gasteiger partial charge on any atom is -0.361 e. The van der Waals surface area contributed by atoms with Crippen molar-refractivity contribution in [2.24, 2.45) is 4.99 Å². The highest BCUT2D eigenvalue weighted by Gasteiger charge is 2.11. The van der Waals surface area contributed by atoms with Gasteiger partial charge in [-0.05, 0) is 6.92 Å². The minimum absolute atomic E-state index is 0.486. The van der Waals surface area contributed by atoms with Gasteiger partial charge in [0.05, 0.1) is 12.3 Å². The fourth-order valence-corrected chi connectivity index (χ4v) is 1.39. The molecular formula is C7H10N2S. The van der Waals surface area contributed by atoms with Crippen molar-refractivity contribution in [1.29, 1.82) is 0 Å². The van der Waals surface area contributed by atoms with Gasteiger partial charge in [-0.1, -0.05) is 17.7 Å². The van der Waals surface area contributed by atoms with Gasteiger partial charge in [0.1, 0.15) is 0 Å². The van der Waals surface area contributed by atoms with Gasteiger partial charge in [0.2, 0.25) is 0 Å². The van der Waals surface area contributed by atoms with E-state index in [0.29, 0.717) is 11.8 Å². The van der Waals surface area contributed by atoms with Crippen LogP contribution in [0.1, 0.15) is 6.92 Å². The number of rotatable bonds is 1. The van der Waals surface area contributed by atoms with Crippen LogP contribution in [0.3, 0.4) is 0 Å². The Morgan fingerprint density at radius 1 is 2.00 bits per heavy atom. The monoisotopic (exact) mass is 154 g/mol. The van der Waals surface area contributed by atoms with Gasteiger partial charge >= 0.3 is 0 Å². The maximum absolute atomic E-state index is 5.09. The van der Waals surface area contributed by atoms with Crippen molar-refractivity contribution in [3.63, 3.8) is 0 Å². The number of aliphatic imine (C=N–C) groups is 1. The Balaban J connectivity index is 2.25. The molecule has 1 aliphatic rings. The fraction of sp³-hybridized carbons (Fsp3) is 0.571. The number of thioether (sulfide) groups is 1. The molecule has 1 heterocycles. The minimum atomic E-state index is 0.486. The van der Waals surface area contributed by atoms with Crippen LogP contribution in [0.25, 0.3) is 0 Å². The van der Waals surface area contributed by atoms with E-state index in [9.17, 15) is 0 Å². The van der Waals surface area contributed by atoms with Crippen LogP contribution < -0.4 is 5.32 Å². The van der Waals surface area contributed by atoms with Crippen LogP contribution >= 0.6 is 11.8 Å². The number of nitrogens with one attached hydrogen (secondary N) is 1. The van der Waals surface area contributed by atoms with E-state index in [1.165, 1.54) is 0 Å². The van der Waals surface area contributed by atoms with Crippen LogP contribution in [0.5, 0.6) is 0 Å². The molecule has 3 heteroatoms. The lowest BCUT2D eigenvalue weighted by Gasteiger charge is -2.02. The normalized spacial score (nSPS) is 23.2. The zero-order valence-corrected chi connectivity index (χ0v) is 6.74. The van der Waals surface area contributed by atoms with Crippen molar-refractivity contribution in [2.75, 3.05) is 12.3 Å². The summed E-state index contributed by atoms with van der Waals surface area (Å²) in [6, 6.07) is 0.486. The van der Waals surface area contributed by atoms with Crippen molar-refractivity contribution >= 4 is 16.9 Å². The lowest BCUT2D eigenvalue weighted by molar-refractivity contribution is 0.728. The molecule has 0 aromatic rings. The maximum atomic E-state index is 5.09. The van der Waals surface area contributed by atoms with Crippen molar-refractivity contribution in [2.45, 2.75) is 13.0 Å². The molecule has 0 saturated carbocycles. The Kier molecular flexibility index (Phi) is 2.64. The second-order valence-corrected chi connectivity index (χ2v) is 3.15. The summed E-state index contributed by atoms with van der Waals surface area (Å²) in [5.74, 6) is 3.26. The molecule has 1 atom stereocenters. The Morgan fingerprint density at radius 3 is 3.30 bits per heavy atom. The third-order valence-corrected chi connectivity index (χ3v) is 2.00. The highest BCUT2D eigenvalue weighted by molar-refractivity contribution is 8.14. The van der Waals surface area contributed by atoms with E-state index >= 15 is 0 Å². The Morgan fingerprint density at radius 2 is 2.80 bits per heavy atom. The van der Waals surface area contributed by atoms with Gasteiger partial charge in [0, 0.05) is 6.04 Å². The zero-order valence-electron chi connectivity index (χ0n) is 5.92. The Labute approximate surface area is 65.5 Å². The van der Waals surface area contributed by atoms with E-state index < -0.39 is 0 Å². The molecule has 1 N–H and O–H groups in total. The average molecular weight is 154 g/mol. The first-order valence-electron chi connectivity index (χ1n) is 3.20. The van der Waals surface area contributed by atoms with Crippen LogP contribution in [-0.2, 0) is 0 Å². The van der Waals surface area contributed by atoms with Gasteiger partial charge in [0.15, 0.2) is 5.17 Å². The van der Waals surface area contributed by atoms with Crippen LogP contribution in [0.15, 0.2) is 4.99 Å². The lowest BCUT2D eigenvalue weighted by Crippen LogP contribution is -2.25. The second-order valence-electron chi connectivity index (χ2n) is 2.18. The van der Waals surface area contributed by atoms with Gasteiger partial charge in [-0.15, -0.1) is 6.42 Å². The van der Waals surface area contributed by atoms with Gasteiger partial charge < -0.3 is 5.32 Å². The number of hydrogen-bond donors (Lipinski definition) is 1. The SMILES string of the molecule is C#CCSC1=NCC(C)N1. The summed E-state index contributed by atoms with van der Waals surface area (Å²) in [6.45, 7) is 2.99. The number of terminal acetylenes is 1. The third-order valence-electron chi connectivity index (χ3n) is 1.17. The summed E-state index contributed by atoms with van der Waals surface area (Å²) in [4.78, 5) is 4.23. The molecule has 10 heavy (non-hydrogen) atoms. The molecule has 0 aromatic carbocycles. The highest BCUT2D eigenvalue weighted by Crippen LogP contribution is 2.06. The van der Waals surface area contributed by atoms with Crippen molar-refractivity contribution in [3.8, 4) is 12.3 Å².